The fourth-order valence-electron chi connectivity index (χ4n) is 4.39. The smallest absolute Gasteiger partial charge is 0.295 e. The number of halogens is 2. The van der Waals surface area contributed by atoms with Crippen molar-refractivity contribution in [3.8, 4) is 28.7 Å². The van der Waals surface area contributed by atoms with Crippen molar-refractivity contribution in [2.24, 2.45) is 0 Å². The van der Waals surface area contributed by atoms with Gasteiger partial charge in [-0.3, -0.25) is 9.59 Å². The van der Waals surface area contributed by atoms with Crippen molar-refractivity contribution in [1.29, 1.82) is 0 Å². The second kappa shape index (κ2) is 12.7. The van der Waals surface area contributed by atoms with E-state index in [1.54, 1.807) is 12.1 Å². The highest BCUT2D eigenvalue weighted by Gasteiger charge is 2.47. The van der Waals surface area contributed by atoms with Crippen molar-refractivity contribution in [1.82, 2.24) is 4.90 Å². The quantitative estimate of drug-likeness (QED) is 0.224. The van der Waals surface area contributed by atoms with E-state index in [2.05, 4.69) is 0 Å². The van der Waals surface area contributed by atoms with E-state index in [-0.39, 0.29) is 51.9 Å². The highest BCUT2D eigenvalue weighted by atomic mass is 35.5. The molecule has 10 nitrogen and oxygen atoms in total. The highest BCUT2D eigenvalue weighted by molar-refractivity contribution is 6.47. The predicted octanol–water partition coefficient (Wildman–Crippen LogP) is 4.88. The van der Waals surface area contributed by atoms with Crippen LogP contribution < -0.4 is 23.7 Å². The van der Waals surface area contributed by atoms with Crippen molar-refractivity contribution in [3.05, 3.63) is 44.9 Å². The van der Waals surface area contributed by atoms with E-state index >= 15 is 0 Å². The van der Waals surface area contributed by atoms with E-state index in [9.17, 15) is 14.7 Å². The molecule has 1 heterocycles. The molecule has 2 aromatic carbocycles. The summed E-state index contributed by atoms with van der Waals surface area (Å²) in [6.07, 6.45) is -0.103. The predicted molar refractivity (Wildman–Crippen MR) is 146 cm³/mol. The van der Waals surface area contributed by atoms with Crippen LogP contribution in [0.5, 0.6) is 28.7 Å². The van der Waals surface area contributed by atoms with Crippen molar-refractivity contribution in [3.63, 3.8) is 0 Å². The SMILES string of the molecule is COc1cc(C2/C(=C(\O)c3cc(Cl)c(OC)c(Cl)c3OC)C(=O)C(=O)N2CCOC(C)C)cc(OC)c1OC. The lowest BCUT2D eigenvalue weighted by atomic mass is 9.94. The second-order valence-electron chi connectivity index (χ2n) is 8.66. The lowest BCUT2D eigenvalue weighted by molar-refractivity contribution is -0.140. The molecule has 1 unspecified atom stereocenters. The van der Waals surface area contributed by atoms with Gasteiger partial charge in [0.2, 0.25) is 5.75 Å². The van der Waals surface area contributed by atoms with Crippen LogP contribution in [-0.4, -0.2) is 76.5 Å². The van der Waals surface area contributed by atoms with E-state index in [1.807, 2.05) is 13.8 Å². The molecule has 0 saturated carbocycles. The molecule has 1 atom stereocenters. The van der Waals surface area contributed by atoms with Crippen molar-refractivity contribution in [2.45, 2.75) is 26.0 Å². The number of likely N-dealkylation sites (tertiary alicyclic amines) is 1. The number of nitrogens with zero attached hydrogens (tertiary/aromatic N) is 1. The molecule has 1 aliphatic rings. The minimum absolute atomic E-state index is 0.00201. The number of amides is 1. The van der Waals surface area contributed by atoms with E-state index in [4.69, 9.17) is 51.6 Å². The van der Waals surface area contributed by atoms with E-state index in [0.717, 1.165) is 0 Å². The third-order valence-electron chi connectivity index (χ3n) is 6.12. The van der Waals surface area contributed by atoms with Crippen LogP contribution in [0.15, 0.2) is 23.8 Å². The third kappa shape index (κ3) is 5.68. The molecular weight excluding hydrogens is 553 g/mol. The minimum atomic E-state index is -1.06. The van der Waals surface area contributed by atoms with Crippen LogP contribution in [0.4, 0.5) is 0 Å². The monoisotopic (exact) mass is 583 g/mol. The Morgan fingerprint density at radius 3 is 1.95 bits per heavy atom. The number of hydrogen-bond donors (Lipinski definition) is 1. The van der Waals surface area contributed by atoms with Gasteiger partial charge >= 0.3 is 0 Å². The lowest BCUT2D eigenvalue weighted by Crippen LogP contribution is -2.33. The Balaban J connectivity index is 2.33. The Morgan fingerprint density at radius 1 is 0.897 bits per heavy atom. The van der Waals surface area contributed by atoms with Gasteiger partial charge in [-0.05, 0) is 37.6 Å². The molecular formula is C27H31Cl2NO9. The first-order valence-electron chi connectivity index (χ1n) is 11.9. The van der Waals surface area contributed by atoms with Crippen LogP contribution in [0.3, 0.4) is 0 Å². The molecule has 12 heteroatoms. The first kappa shape index (κ1) is 30.2. The van der Waals surface area contributed by atoms with Crippen molar-refractivity contribution >= 4 is 40.7 Å². The van der Waals surface area contributed by atoms with Crippen LogP contribution in [-0.2, 0) is 14.3 Å². The van der Waals surface area contributed by atoms with Crippen molar-refractivity contribution < 1.29 is 43.1 Å². The summed E-state index contributed by atoms with van der Waals surface area (Å²) in [5.41, 5.74) is 0.205. The number of rotatable bonds is 11. The van der Waals surface area contributed by atoms with Crippen LogP contribution in [0.2, 0.25) is 10.0 Å². The number of carbonyl (C=O) groups excluding carboxylic acids is 2. The number of ether oxygens (including phenoxy) is 6. The summed E-state index contributed by atoms with van der Waals surface area (Å²) in [4.78, 5) is 28.1. The van der Waals surface area contributed by atoms with E-state index in [0.29, 0.717) is 22.8 Å². The van der Waals surface area contributed by atoms with Gasteiger partial charge in [0.25, 0.3) is 11.7 Å². The fourth-order valence-corrected chi connectivity index (χ4v) is 5.08. The normalized spacial score (nSPS) is 16.6. The first-order chi connectivity index (χ1) is 18.6. The van der Waals surface area contributed by atoms with E-state index < -0.39 is 23.5 Å². The molecule has 2 aromatic rings. The number of aliphatic hydroxyl groups excluding tert-OH is 1. The minimum Gasteiger partial charge on any atom is -0.507 e. The molecule has 1 amide bonds. The van der Waals surface area contributed by atoms with Crippen LogP contribution in [0.25, 0.3) is 5.76 Å². The molecule has 0 aromatic heterocycles. The molecule has 39 heavy (non-hydrogen) atoms. The largest absolute Gasteiger partial charge is 0.507 e. The Kier molecular flexibility index (Phi) is 9.82. The highest BCUT2D eigenvalue weighted by Crippen LogP contribution is 2.49. The third-order valence-corrected chi connectivity index (χ3v) is 6.74. The zero-order chi connectivity index (χ0) is 29.0. The number of aliphatic hydroxyl groups is 1. The zero-order valence-corrected chi connectivity index (χ0v) is 24.2. The molecule has 1 saturated heterocycles. The first-order valence-corrected chi connectivity index (χ1v) is 12.6. The van der Waals surface area contributed by atoms with Gasteiger partial charge in [-0.1, -0.05) is 23.2 Å². The van der Waals surface area contributed by atoms with Gasteiger partial charge in [-0.25, -0.2) is 0 Å². The van der Waals surface area contributed by atoms with Gasteiger partial charge < -0.3 is 38.4 Å². The Hall–Kier alpha value is -3.34. The zero-order valence-electron chi connectivity index (χ0n) is 22.7. The number of carbonyl (C=O) groups is 2. The Bertz CT molecular complexity index is 1270. The maximum absolute atomic E-state index is 13.5. The second-order valence-corrected chi connectivity index (χ2v) is 9.44. The number of ketones is 1. The van der Waals surface area contributed by atoms with Crippen LogP contribution in [0.1, 0.15) is 31.0 Å². The van der Waals surface area contributed by atoms with Crippen molar-refractivity contribution in [2.75, 3.05) is 48.7 Å². The summed E-state index contributed by atoms with van der Waals surface area (Å²) in [6.45, 7) is 3.92. The molecule has 0 spiro atoms. The van der Waals surface area contributed by atoms with Crippen LogP contribution in [0, 0.1) is 0 Å². The van der Waals surface area contributed by atoms with Gasteiger partial charge in [0.05, 0.1) is 70.5 Å². The molecule has 0 bridgehead atoms. The average molecular weight is 584 g/mol. The summed E-state index contributed by atoms with van der Waals surface area (Å²) in [5.74, 6) is -1.24. The summed E-state index contributed by atoms with van der Waals surface area (Å²) in [5, 5.41) is 11.6. The Labute approximate surface area is 236 Å². The topological polar surface area (TPSA) is 113 Å². The molecule has 0 radical (unpaired) electrons. The maximum atomic E-state index is 13.5. The van der Waals surface area contributed by atoms with Gasteiger partial charge in [-0.2, -0.15) is 0 Å². The van der Waals surface area contributed by atoms with Gasteiger partial charge in [0, 0.05) is 6.54 Å². The summed E-state index contributed by atoms with van der Waals surface area (Å²) < 4.78 is 32.7. The maximum Gasteiger partial charge on any atom is 0.295 e. The summed E-state index contributed by atoms with van der Waals surface area (Å²) in [7, 11) is 7.06. The molecule has 0 aliphatic carbocycles. The van der Waals surface area contributed by atoms with Gasteiger partial charge in [0.15, 0.2) is 23.0 Å². The molecule has 1 fully saturated rings. The Morgan fingerprint density at radius 2 is 1.46 bits per heavy atom. The number of hydrogen-bond acceptors (Lipinski definition) is 9. The number of benzene rings is 2. The fraction of sp³-hybridized carbons (Fsp3) is 0.407. The molecule has 1 aliphatic heterocycles. The van der Waals surface area contributed by atoms with Gasteiger partial charge in [-0.15, -0.1) is 0 Å². The number of methoxy groups -OCH3 is 5. The lowest BCUT2D eigenvalue weighted by Gasteiger charge is -2.27. The van der Waals surface area contributed by atoms with Crippen LogP contribution >= 0.6 is 23.2 Å². The van der Waals surface area contributed by atoms with E-state index in [1.165, 1.54) is 46.5 Å². The molecule has 212 valence electrons. The standard InChI is InChI=1S/C27H31Cl2NO9/c1-13(2)39-9-8-30-21(14-10-17(34-3)26(38-7)18(11-14)35-4)19(23(32)27(30)33)22(31)15-12-16(28)25(37-6)20(29)24(15)36-5/h10-13,21,31H,8-9H2,1-7H3/b22-19+. The number of Topliss-reactive ketones (excluding diaryl/α,β-unsaturated/α-hetero) is 1. The average Bonchev–Trinajstić information content (AvgIpc) is 3.16. The summed E-state index contributed by atoms with van der Waals surface area (Å²) >= 11 is 12.8. The molecule has 1 N–H and O–H groups in total. The van der Waals surface area contributed by atoms with Gasteiger partial charge in [0.1, 0.15) is 10.8 Å². The molecule has 3 rings (SSSR count). The summed E-state index contributed by atoms with van der Waals surface area (Å²) in [6, 6.07) is 3.50.